The van der Waals surface area contributed by atoms with Crippen molar-refractivity contribution in [3.8, 4) is 6.07 Å². The van der Waals surface area contributed by atoms with Crippen LogP contribution in [0.1, 0.15) is 52.9 Å². The van der Waals surface area contributed by atoms with Crippen LogP contribution in [0.25, 0.3) is 0 Å². The van der Waals surface area contributed by atoms with E-state index in [1.54, 1.807) is 0 Å². The standard InChI is InChI=1S/C16H26N2O/c1-12(2)14-5-4-7-18(8-6-14)15(19)16(11-17)9-13(3)10-16/h12-14H,4-10H2,1-3H3. The number of carbonyl (C=O) groups is 1. The van der Waals surface area contributed by atoms with E-state index < -0.39 is 5.41 Å². The van der Waals surface area contributed by atoms with Crippen molar-refractivity contribution >= 4 is 5.91 Å². The first-order chi connectivity index (χ1) is 8.98. The molecule has 3 nitrogen and oxygen atoms in total. The minimum Gasteiger partial charge on any atom is -0.341 e. The molecular weight excluding hydrogens is 236 g/mol. The second-order valence-electron chi connectivity index (χ2n) is 6.93. The summed E-state index contributed by atoms with van der Waals surface area (Å²) in [6.45, 7) is 8.36. The molecule has 0 N–H and O–H groups in total. The monoisotopic (exact) mass is 262 g/mol. The molecule has 1 unspecified atom stereocenters. The smallest absolute Gasteiger partial charge is 0.243 e. The normalized spacial score (nSPS) is 35.4. The van der Waals surface area contributed by atoms with Crippen LogP contribution in [0.4, 0.5) is 0 Å². The van der Waals surface area contributed by atoms with Gasteiger partial charge >= 0.3 is 0 Å². The molecule has 0 bridgehead atoms. The minimum atomic E-state index is -0.683. The fraction of sp³-hybridized carbons (Fsp3) is 0.875. The molecule has 0 aromatic rings. The maximum absolute atomic E-state index is 12.6. The lowest BCUT2D eigenvalue weighted by molar-refractivity contribution is -0.145. The number of hydrogen-bond donors (Lipinski definition) is 0. The molecule has 0 radical (unpaired) electrons. The molecule has 1 saturated carbocycles. The largest absolute Gasteiger partial charge is 0.341 e. The fourth-order valence-electron chi connectivity index (χ4n) is 3.74. The van der Waals surface area contributed by atoms with E-state index >= 15 is 0 Å². The molecule has 0 spiro atoms. The first-order valence-corrected chi connectivity index (χ1v) is 7.69. The number of rotatable bonds is 2. The number of amides is 1. The number of nitrogens with zero attached hydrogens (tertiary/aromatic N) is 2. The molecule has 1 heterocycles. The molecule has 0 aromatic heterocycles. The molecular formula is C16H26N2O. The van der Waals surface area contributed by atoms with Crippen LogP contribution in [0.3, 0.4) is 0 Å². The second kappa shape index (κ2) is 5.53. The van der Waals surface area contributed by atoms with Gasteiger partial charge in [0, 0.05) is 13.1 Å². The van der Waals surface area contributed by atoms with Crippen molar-refractivity contribution in [1.29, 1.82) is 5.26 Å². The molecule has 106 valence electrons. The van der Waals surface area contributed by atoms with E-state index in [0.717, 1.165) is 44.7 Å². The van der Waals surface area contributed by atoms with Gasteiger partial charge in [0.25, 0.3) is 0 Å². The molecule has 3 heteroatoms. The van der Waals surface area contributed by atoms with Gasteiger partial charge in [0.05, 0.1) is 6.07 Å². The highest BCUT2D eigenvalue weighted by Gasteiger charge is 2.50. The third kappa shape index (κ3) is 2.78. The SMILES string of the molecule is CC1CC(C#N)(C(=O)N2CCCC(C(C)C)CC2)C1. The highest BCUT2D eigenvalue weighted by atomic mass is 16.2. The molecule has 1 amide bonds. The van der Waals surface area contributed by atoms with Gasteiger partial charge in [0.15, 0.2) is 0 Å². The Morgan fingerprint density at radius 3 is 2.53 bits per heavy atom. The maximum atomic E-state index is 12.6. The average Bonchev–Trinajstić information content (AvgIpc) is 2.59. The predicted octanol–water partition coefficient (Wildman–Crippen LogP) is 3.21. The summed E-state index contributed by atoms with van der Waals surface area (Å²) < 4.78 is 0. The molecule has 0 aromatic carbocycles. The molecule has 19 heavy (non-hydrogen) atoms. The van der Waals surface area contributed by atoms with E-state index in [0.29, 0.717) is 11.8 Å². The maximum Gasteiger partial charge on any atom is 0.243 e. The van der Waals surface area contributed by atoms with Crippen LogP contribution in [0.15, 0.2) is 0 Å². The van der Waals surface area contributed by atoms with Gasteiger partial charge in [-0.1, -0.05) is 20.8 Å². The number of likely N-dealkylation sites (tertiary alicyclic amines) is 1. The molecule has 1 aliphatic carbocycles. The molecule has 2 rings (SSSR count). The van der Waals surface area contributed by atoms with E-state index in [-0.39, 0.29) is 5.91 Å². The van der Waals surface area contributed by atoms with E-state index in [2.05, 4.69) is 26.8 Å². The second-order valence-corrected chi connectivity index (χ2v) is 6.93. The summed E-state index contributed by atoms with van der Waals surface area (Å²) in [6, 6.07) is 2.31. The number of nitriles is 1. The van der Waals surface area contributed by atoms with Gasteiger partial charge < -0.3 is 4.90 Å². The highest BCUT2D eigenvalue weighted by Crippen LogP contribution is 2.46. The summed E-state index contributed by atoms with van der Waals surface area (Å²) >= 11 is 0. The third-order valence-electron chi connectivity index (χ3n) is 5.02. The van der Waals surface area contributed by atoms with E-state index in [1.165, 1.54) is 6.42 Å². The Morgan fingerprint density at radius 1 is 1.32 bits per heavy atom. The lowest BCUT2D eigenvalue weighted by atomic mass is 9.62. The Hall–Kier alpha value is -1.04. The number of carbonyl (C=O) groups excluding carboxylic acids is 1. The van der Waals surface area contributed by atoms with Gasteiger partial charge in [-0.15, -0.1) is 0 Å². The van der Waals surface area contributed by atoms with Crippen molar-refractivity contribution < 1.29 is 4.79 Å². The zero-order valence-corrected chi connectivity index (χ0v) is 12.5. The van der Waals surface area contributed by atoms with Crippen molar-refractivity contribution in [3.63, 3.8) is 0 Å². The Morgan fingerprint density at radius 2 is 2.00 bits per heavy atom. The molecule has 1 aliphatic heterocycles. The van der Waals surface area contributed by atoms with Crippen LogP contribution in [-0.2, 0) is 4.79 Å². The van der Waals surface area contributed by atoms with Gasteiger partial charge in [-0.3, -0.25) is 4.79 Å². The summed E-state index contributed by atoms with van der Waals surface area (Å²) in [4.78, 5) is 14.6. The van der Waals surface area contributed by atoms with Gasteiger partial charge in [0.2, 0.25) is 5.91 Å². The molecule has 2 fully saturated rings. The van der Waals surface area contributed by atoms with Crippen LogP contribution in [0.5, 0.6) is 0 Å². The van der Waals surface area contributed by atoms with Crippen molar-refractivity contribution in [2.75, 3.05) is 13.1 Å². The lowest BCUT2D eigenvalue weighted by Gasteiger charge is -2.42. The van der Waals surface area contributed by atoms with Gasteiger partial charge in [0.1, 0.15) is 5.41 Å². The fourth-order valence-corrected chi connectivity index (χ4v) is 3.74. The van der Waals surface area contributed by atoms with Gasteiger partial charge in [-0.05, 0) is 49.9 Å². The first kappa shape index (κ1) is 14.4. The predicted molar refractivity (Wildman–Crippen MR) is 75.2 cm³/mol. The summed E-state index contributed by atoms with van der Waals surface area (Å²) in [6.07, 6.45) is 4.92. The lowest BCUT2D eigenvalue weighted by Crippen LogP contribution is -2.50. The molecule has 1 saturated heterocycles. The summed E-state index contributed by atoms with van der Waals surface area (Å²) in [5, 5.41) is 9.37. The van der Waals surface area contributed by atoms with Crippen molar-refractivity contribution in [1.82, 2.24) is 4.90 Å². The zero-order valence-electron chi connectivity index (χ0n) is 12.5. The van der Waals surface area contributed by atoms with Crippen LogP contribution >= 0.6 is 0 Å². The summed E-state index contributed by atoms with van der Waals surface area (Å²) in [5.41, 5.74) is -0.683. The summed E-state index contributed by atoms with van der Waals surface area (Å²) in [5.74, 6) is 2.07. The van der Waals surface area contributed by atoms with Gasteiger partial charge in [-0.25, -0.2) is 0 Å². The van der Waals surface area contributed by atoms with Crippen molar-refractivity contribution in [3.05, 3.63) is 0 Å². The van der Waals surface area contributed by atoms with Crippen LogP contribution < -0.4 is 0 Å². The minimum absolute atomic E-state index is 0.109. The summed E-state index contributed by atoms with van der Waals surface area (Å²) in [7, 11) is 0. The van der Waals surface area contributed by atoms with Crippen molar-refractivity contribution in [2.45, 2.75) is 52.9 Å². The Balaban J connectivity index is 1.99. The zero-order chi connectivity index (χ0) is 14.0. The van der Waals surface area contributed by atoms with Crippen molar-refractivity contribution in [2.24, 2.45) is 23.2 Å². The van der Waals surface area contributed by atoms with Crippen LogP contribution in [0.2, 0.25) is 0 Å². The van der Waals surface area contributed by atoms with Crippen LogP contribution in [0, 0.1) is 34.5 Å². The number of hydrogen-bond acceptors (Lipinski definition) is 2. The van der Waals surface area contributed by atoms with Crippen LogP contribution in [-0.4, -0.2) is 23.9 Å². The Labute approximate surface area is 117 Å². The van der Waals surface area contributed by atoms with Gasteiger partial charge in [-0.2, -0.15) is 5.26 Å². The quantitative estimate of drug-likeness (QED) is 0.767. The Kier molecular flexibility index (Phi) is 4.18. The van der Waals surface area contributed by atoms with E-state index in [9.17, 15) is 10.1 Å². The highest BCUT2D eigenvalue weighted by molar-refractivity contribution is 5.86. The third-order valence-corrected chi connectivity index (χ3v) is 5.02. The average molecular weight is 262 g/mol. The van der Waals surface area contributed by atoms with E-state index in [4.69, 9.17) is 0 Å². The molecule has 1 atom stereocenters. The topological polar surface area (TPSA) is 44.1 Å². The molecule has 2 aliphatic rings. The first-order valence-electron chi connectivity index (χ1n) is 7.69. The Bertz CT molecular complexity index is 377. The van der Waals surface area contributed by atoms with E-state index in [1.807, 2.05) is 4.90 Å².